The van der Waals surface area contributed by atoms with Crippen molar-refractivity contribution in [3.63, 3.8) is 0 Å². The van der Waals surface area contributed by atoms with Gasteiger partial charge < -0.3 is 19.1 Å². The molecule has 1 fully saturated rings. The summed E-state index contributed by atoms with van der Waals surface area (Å²) in [5.41, 5.74) is 3.07. The Morgan fingerprint density at radius 2 is 1.76 bits per heavy atom. The first-order chi connectivity index (χ1) is 16.3. The van der Waals surface area contributed by atoms with E-state index in [2.05, 4.69) is 41.1 Å². The molecule has 3 aromatic rings. The molecule has 34 heavy (non-hydrogen) atoms. The predicted molar refractivity (Wildman–Crippen MR) is 129 cm³/mol. The maximum atomic E-state index is 13.3. The molecule has 0 atom stereocenters. The van der Waals surface area contributed by atoms with Crippen molar-refractivity contribution in [2.24, 2.45) is 0 Å². The Bertz CT molecular complexity index is 1150. The van der Waals surface area contributed by atoms with Crippen molar-refractivity contribution in [3.8, 4) is 22.9 Å². The fourth-order valence-electron chi connectivity index (χ4n) is 3.97. The van der Waals surface area contributed by atoms with Gasteiger partial charge in [0.05, 0.1) is 33.1 Å². The molecular weight excluding hydrogens is 434 g/mol. The number of Topliss-reactive ketones (excluding diaryl/α,β-unsaturated/α-hetero) is 1. The molecule has 0 saturated carbocycles. The molecule has 0 radical (unpaired) electrons. The largest absolute Gasteiger partial charge is 0.497 e. The number of benzene rings is 2. The van der Waals surface area contributed by atoms with Gasteiger partial charge in [-0.05, 0) is 47.0 Å². The van der Waals surface area contributed by atoms with E-state index < -0.39 is 0 Å². The van der Waals surface area contributed by atoms with Gasteiger partial charge in [0.1, 0.15) is 18.0 Å². The van der Waals surface area contributed by atoms with Crippen molar-refractivity contribution in [1.82, 2.24) is 20.2 Å². The minimum absolute atomic E-state index is 0.0123. The predicted octanol–water partition coefficient (Wildman–Crippen LogP) is 3.37. The van der Waals surface area contributed by atoms with E-state index in [1.165, 1.54) is 4.80 Å². The molecule has 2 aromatic carbocycles. The highest BCUT2D eigenvalue weighted by atomic mass is 16.5. The third-order valence-electron chi connectivity index (χ3n) is 5.84. The van der Waals surface area contributed by atoms with E-state index in [1.807, 2.05) is 36.4 Å². The second kappa shape index (κ2) is 9.80. The minimum Gasteiger partial charge on any atom is -0.497 e. The molecule has 180 valence electrons. The number of anilines is 1. The number of carbonyl (C=O) groups is 1. The van der Waals surface area contributed by atoms with Crippen LogP contribution in [0.25, 0.3) is 11.4 Å². The van der Waals surface area contributed by atoms with Crippen molar-refractivity contribution in [2.75, 3.05) is 45.4 Å². The lowest BCUT2D eigenvalue weighted by Gasteiger charge is -2.33. The van der Waals surface area contributed by atoms with Crippen LogP contribution in [0.1, 0.15) is 36.7 Å². The summed E-state index contributed by atoms with van der Waals surface area (Å²) in [6, 6.07) is 11.2. The molecule has 1 aromatic heterocycles. The highest BCUT2D eigenvalue weighted by Gasteiger charge is 2.27. The van der Waals surface area contributed by atoms with E-state index in [4.69, 9.17) is 14.2 Å². The van der Waals surface area contributed by atoms with Crippen LogP contribution >= 0.6 is 0 Å². The standard InChI is InChI=1S/C25H31N5O4/c1-25(2,3)20-14-18(15-21(23(20)33-5)29-10-12-34-13-11-29)22(31)16-30-27-24(26-28-30)17-6-8-19(32-4)9-7-17/h6-9,14-15H,10-13,16H2,1-5H3. The topological polar surface area (TPSA) is 91.6 Å². The van der Waals surface area contributed by atoms with Gasteiger partial charge in [-0.25, -0.2) is 0 Å². The molecule has 2 heterocycles. The summed E-state index contributed by atoms with van der Waals surface area (Å²) in [4.78, 5) is 16.9. The smallest absolute Gasteiger partial charge is 0.204 e. The zero-order valence-corrected chi connectivity index (χ0v) is 20.4. The molecule has 0 amide bonds. The Labute approximate surface area is 199 Å². The average molecular weight is 466 g/mol. The minimum atomic E-state index is -0.213. The van der Waals surface area contributed by atoms with Gasteiger partial charge in [0.25, 0.3) is 0 Å². The molecular formula is C25H31N5O4. The van der Waals surface area contributed by atoms with Gasteiger partial charge in [-0.2, -0.15) is 4.80 Å². The fraction of sp³-hybridized carbons (Fsp3) is 0.440. The fourth-order valence-corrected chi connectivity index (χ4v) is 3.97. The number of rotatable bonds is 7. The van der Waals surface area contributed by atoms with Crippen LogP contribution in [0.15, 0.2) is 36.4 Å². The van der Waals surface area contributed by atoms with Crippen LogP contribution in [0.5, 0.6) is 11.5 Å². The molecule has 9 nitrogen and oxygen atoms in total. The average Bonchev–Trinajstić information content (AvgIpc) is 3.31. The number of ether oxygens (including phenoxy) is 3. The number of hydrogen-bond acceptors (Lipinski definition) is 8. The second-order valence-electron chi connectivity index (χ2n) is 9.22. The SMILES string of the molecule is COc1ccc(-c2nnn(CC(=O)c3cc(N4CCOCC4)c(OC)c(C(C)(C)C)c3)n2)cc1. The van der Waals surface area contributed by atoms with Crippen LogP contribution < -0.4 is 14.4 Å². The van der Waals surface area contributed by atoms with E-state index in [1.54, 1.807) is 14.2 Å². The number of morpholine rings is 1. The lowest BCUT2D eigenvalue weighted by Crippen LogP contribution is -2.37. The molecule has 1 aliphatic rings. The van der Waals surface area contributed by atoms with Crippen LogP contribution in [0.2, 0.25) is 0 Å². The Morgan fingerprint density at radius 3 is 2.38 bits per heavy atom. The summed E-state index contributed by atoms with van der Waals surface area (Å²) < 4.78 is 16.5. The normalized spacial score (nSPS) is 14.2. The van der Waals surface area contributed by atoms with Crippen molar-refractivity contribution in [1.29, 1.82) is 0 Å². The van der Waals surface area contributed by atoms with Gasteiger partial charge in [0, 0.05) is 29.8 Å². The zero-order chi connectivity index (χ0) is 24.3. The molecule has 0 spiro atoms. The van der Waals surface area contributed by atoms with Gasteiger partial charge in [0.2, 0.25) is 5.82 Å². The molecule has 0 unspecified atom stereocenters. The molecule has 1 saturated heterocycles. The van der Waals surface area contributed by atoms with Crippen LogP contribution in [0, 0.1) is 0 Å². The third kappa shape index (κ3) is 5.04. The monoisotopic (exact) mass is 465 g/mol. The molecule has 1 aliphatic heterocycles. The lowest BCUT2D eigenvalue weighted by molar-refractivity contribution is 0.0961. The third-order valence-corrected chi connectivity index (χ3v) is 5.84. The number of nitrogens with zero attached hydrogens (tertiary/aromatic N) is 5. The van der Waals surface area contributed by atoms with Gasteiger partial charge in [-0.3, -0.25) is 4.79 Å². The Balaban J connectivity index is 1.63. The van der Waals surface area contributed by atoms with E-state index in [9.17, 15) is 4.79 Å². The van der Waals surface area contributed by atoms with E-state index in [-0.39, 0.29) is 17.7 Å². The number of tetrazole rings is 1. The number of methoxy groups -OCH3 is 2. The number of ketones is 1. The summed E-state index contributed by atoms with van der Waals surface area (Å²) in [7, 11) is 3.29. The highest BCUT2D eigenvalue weighted by Crippen LogP contribution is 2.40. The van der Waals surface area contributed by atoms with Gasteiger partial charge in [-0.15, -0.1) is 10.2 Å². The highest BCUT2D eigenvalue weighted by molar-refractivity contribution is 5.97. The van der Waals surface area contributed by atoms with Crippen molar-refractivity contribution in [2.45, 2.75) is 32.7 Å². The van der Waals surface area contributed by atoms with Crippen molar-refractivity contribution >= 4 is 11.5 Å². The van der Waals surface area contributed by atoms with E-state index in [0.29, 0.717) is 24.6 Å². The molecule has 4 rings (SSSR count). The Morgan fingerprint density at radius 1 is 1.06 bits per heavy atom. The zero-order valence-electron chi connectivity index (χ0n) is 20.4. The molecule has 9 heteroatoms. The summed E-state index contributed by atoms with van der Waals surface area (Å²) in [6.07, 6.45) is 0. The first kappa shape index (κ1) is 23.7. The summed E-state index contributed by atoms with van der Waals surface area (Å²) >= 11 is 0. The summed E-state index contributed by atoms with van der Waals surface area (Å²) in [5, 5.41) is 12.6. The van der Waals surface area contributed by atoms with Crippen LogP contribution in [-0.2, 0) is 16.7 Å². The van der Waals surface area contributed by atoms with Gasteiger partial charge >= 0.3 is 0 Å². The molecule has 0 N–H and O–H groups in total. The maximum Gasteiger partial charge on any atom is 0.204 e. The molecule has 0 bridgehead atoms. The Kier molecular flexibility index (Phi) is 6.83. The van der Waals surface area contributed by atoms with Gasteiger partial charge in [-0.1, -0.05) is 20.8 Å². The summed E-state index contributed by atoms with van der Waals surface area (Å²) in [6.45, 7) is 9.10. The van der Waals surface area contributed by atoms with E-state index >= 15 is 0 Å². The van der Waals surface area contributed by atoms with Crippen molar-refractivity contribution < 1.29 is 19.0 Å². The quantitative estimate of drug-likeness (QED) is 0.491. The van der Waals surface area contributed by atoms with Crippen LogP contribution in [0.4, 0.5) is 5.69 Å². The van der Waals surface area contributed by atoms with E-state index in [0.717, 1.165) is 41.4 Å². The maximum absolute atomic E-state index is 13.3. The van der Waals surface area contributed by atoms with Gasteiger partial charge in [0.15, 0.2) is 5.78 Å². The number of hydrogen-bond donors (Lipinski definition) is 0. The number of aromatic nitrogens is 4. The first-order valence-electron chi connectivity index (χ1n) is 11.3. The Hall–Kier alpha value is -3.46. The first-order valence-corrected chi connectivity index (χ1v) is 11.3. The number of carbonyl (C=O) groups excluding carboxylic acids is 1. The molecule has 0 aliphatic carbocycles. The van der Waals surface area contributed by atoms with Crippen LogP contribution in [0.3, 0.4) is 0 Å². The van der Waals surface area contributed by atoms with Crippen LogP contribution in [-0.4, -0.2) is 66.5 Å². The van der Waals surface area contributed by atoms with Crippen molar-refractivity contribution in [3.05, 3.63) is 47.5 Å². The second-order valence-corrected chi connectivity index (χ2v) is 9.22. The summed E-state index contributed by atoms with van der Waals surface area (Å²) in [5.74, 6) is 1.90. The lowest BCUT2D eigenvalue weighted by atomic mass is 9.84.